The van der Waals surface area contributed by atoms with Gasteiger partial charge in [0.1, 0.15) is 18.1 Å². The molecule has 6 atom stereocenters. The number of nitrogens with one attached hydrogen (secondary N) is 2. The second-order valence-electron chi connectivity index (χ2n) is 12.1. The van der Waals surface area contributed by atoms with Gasteiger partial charge in [0, 0.05) is 19.6 Å². The van der Waals surface area contributed by atoms with Crippen LogP contribution < -0.4 is 16.4 Å². The van der Waals surface area contributed by atoms with E-state index < -0.39 is 68.4 Å². The molecule has 2 aliphatic rings. The molecule has 0 radical (unpaired) electrons. The van der Waals surface area contributed by atoms with Crippen molar-refractivity contribution in [2.75, 3.05) is 19.6 Å². The largest absolute Gasteiger partial charge is 0.465 e. The summed E-state index contributed by atoms with van der Waals surface area (Å²) in [6.07, 6.45) is -1.91. The maximum atomic E-state index is 13.4. The van der Waals surface area contributed by atoms with Gasteiger partial charge in [-0.1, -0.05) is 20.8 Å². The van der Waals surface area contributed by atoms with E-state index >= 15 is 0 Å². The standard InChI is InChI=1S/C25H45N5O8Si/c1-14(31)18(20(26)32)27-21(33)17-9-8-11-30(17)22(34)16-10-12-29(13-16)23(35)19(28-24(36)37)15(2)38-39(6,7)25(3,4)5/h14-19,28,31H,8-13H2,1-7H3,(H2,26,32)(H,27,33)(H,36,37)/t14-,15-,16+,17-,18+,19+/m1/s1. The molecule has 39 heavy (non-hydrogen) atoms. The van der Waals surface area contributed by atoms with Crippen LogP contribution in [0.1, 0.15) is 53.9 Å². The minimum absolute atomic E-state index is 0.0880. The van der Waals surface area contributed by atoms with Gasteiger partial charge in [-0.25, -0.2) is 4.79 Å². The highest BCUT2D eigenvalue weighted by molar-refractivity contribution is 6.74. The molecule has 2 saturated heterocycles. The van der Waals surface area contributed by atoms with Crippen LogP contribution in [0.15, 0.2) is 0 Å². The smallest absolute Gasteiger partial charge is 0.405 e. The molecule has 0 aromatic heterocycles. The summed E-state index contributed by atoms with van der Waals surface area (Å²) in [6.45, 7) is 13.9. The highest BCUT2D eigenvalue weighted by Crippen LogP contribution is 2.37. The van der Waals surface area contributed by atoms with Gasteiger partial charge in [-0.2, -0.15) is 0 Å². The van der Waals surface area contributed by atoms with Crippen molar-refractivity contribution in [2.45, 2.75) is 102 Å². The lowest BCUT2D eigenvalue weighted by atomic mass is 10.1. The predicted molar refractivity (Wildman–Crippen MR) is 145 cm³/mol. The van der Waals surface area contributed by atoms with E-state index in [9.17, 15) is 34.2 Å². The van der Waals surface area contributed by atoms with Crippen LogP contribution in [-0.2, 0) is 23.6 Å². The minimum atomic E-state index is -2.31. The van der Waals surface area contributed by atoms with Crippen LogP contribution in [-0.4, -0.2) is 108 Å². The summed E-state index contributed by atoms with van der Waals surface area (Å²) < 4.78 is 6.30. The molecule has 6 N–H and O–H groups in total. The van der Waals surface area contributed by atoms with Crippen LogP contribution >= 0.6 is 0 Å². The van der Waals surface area contributed by atoms with Gasteiger partial charge < -0.3 is 40.8 Å². The predicted octanol–water partition coefficient (Wildman–Crippen LogP) is 0.223. The van der Waals surface area contributed by atoms with E-state index in [0.717, 1.165) is 0 Å². The maximum Gasteiger partial charge on any atom is 0.405 e. The Morgan fingerprint density at radius 2 is 1.64 bits per heavy atom. The molecule has 0 bridgehead atoms. The number of hydrogen-bond donors (Lipinski definition) is 5. The lowest BCUT2D eigenvalue weighted by molar-refractivity contribution is -0.142. The minimum Gasteiger partial charge on any atom is -0.465 e. The molecule has 2 heterocycles. The Morgan fingerprint density at radius 3 is 2.15 bits per heavy atom. The van der Waals surface area contributed by atoms with Crippen molar-refractivity contribution >= 4 is 38.0 Å². The molecule has 0 aromatic rings. The van der Waals surface area contributed by atoms with E-state index in [0.29, 0.717) is 25.8 Å². The van der Waals surface area contributed by atoms with Crippen LogP contribution in [0.3, 0.4) is 0 Å². The van der Waals surface area contributed by atoms with Gasteiger partial charge in [-0.3, -0.25) is 19.2 Å². The van der Waals surface area contributed by atoms with E-state index in [1.54, 1.807) is 6.92 Å². The van der Waals surface area contributed by atoms with Crippen molar-refractivity contribution in [1.29, 1.82) is 0 Å². The highest BCUT2D eigenvalue weighted by Gasteiger charge is 2.45. The Hall–Kier alpha value is -2.71. The number of nitrogens with two attached hydrogens (primary N) is 1. The fourth-order valence-electron chi connectivity index (χ4n) is 4.80. The Morgan fingerprint density at radius 1 is 1.03 bits per heavy atom. The van der Waals surface area contributed by atoms with Crippen molar-refractivity contribution in [3.05, 3.63) is 0 Å². The number of amides is 5. The third-order valence-corrected chi connectivity index (χ3v) is 12.6. The third-order valence-electron chi connectivity index (χ3n) is 8.08. The summed E-state index contributed by atoms with van der Waals surface area (Å²) in [7, 11) is -2.31. The van der Waals surface area contributed by atoms with Gasteiger partial charge in [0.25, 0.3) is 0 Å². The number of carbonyl (C=O) groups is 5. The Labute approximate surface area is 230 Å². The van der Waals surface area contributed by atoms with Crippen LogP contribution in [0.25, 0.3) is 0 Å². The molecule has 14 heteroatoms. The molecule has 5 amide bonds. The van der Waals surface area contributed by atoms with Gasteiger partial charge in [0.05, 0.1) is 18.1 Å². The van der Waals surface area contributed by atoms with Crippen molar-refractivity contribution in [3.63, 3.8) is 0 Å². The number of likely N-dealkylation sites (tertiary alicyclic amines) is 2. The summed E-state index contributed by atoms with van der Waals surface area (Å²) in [5, 5.41) is 23.8. The molecule has 0 spiro atoms. The highest BCUT2D eigenvalue weighted by atomic mass is 28.4. The van der Waals surface area contributed by atoms with E-state index in [2.05, 4.69) is 10.6 Å². The topological polar surface area (TPSA) is 192 Å². The summed E-state index contributed by atoms with van der Waals surface area (Å²) in [6, 6.07) is -3.23. The van der Waals surface area contributed by atoms with Gasteiger partial charge in [-0.15, -0.1) is 0 Å². The van der Waals surface area contributed by atoms with E-state index in [-0.39, 0.29) is 24.0 Å². The number of aliphatic hydroxyl groups is 1. The number of rotatable bonds is 10. The molecule has 0 aliphatic carbocycles. The first kappa shape index (κ1) is 32.5. The van der Waals surface area contributed by atoms with Gasteiger partial charge >= 0.3 is 6.09 Å². The molecule has 2 aliphatic heterocycles. The lowest BCUT2D eigenvalue weighted by Crippen LogP contribution is -2.57. The zero-order valence-corrected chi connectivity index (χ0v) is 25.0. The van der Waals surface area contributed by atoms with Crippen molar-refractivity contribution in [1.82, 2.24) is 20.4 Å². The molecule has 2 fully saturated rings. The Balaban J connectivity index is 2.11. The Bertz CT molecular complexity index is 953. The molecular formula is C25H45N5O8Si. The number of carbonyl (C=O) groups excluding carboxylic acids is 4. The number of primary amides is 1. The second kappa shape index (κ2) is 12.6. The summed E-state index contributed by atoms with van der Waals surface area (Å²) in [5.41, 5.74) is 5.27. The van der Waals surface area contributed by atoms with Crippen molar-refractivity contribution in [3.8, 4) is 0 Å². The number of nitrogens with zero attached hydrogens (tertiary/aromatic N) is 2. The first-order chi connectivity index (χ1) is 17.9. The average Bonchev–Trinajstić information content (AvgIpc) is 3.48. The van der Waals surface area contributed by atoms with Crippen LogP contribution in [0.4, 0.5) is 4.79 Å². The first-order valence-electron chi connectivity index (χ1n) is 13.4. The molecule has 222 valence electrons. The first-order valence-corrected chi connectivity index (χ1v) is 16.3. The summed E-state index contributed by atoms with van der Waals surface area (Å²) in [5.74, 6) is -2.76. The van der Waals surface area contributed by atoms with Gasteiger partial charge in [0.2, 0.25) is 23.6 Å². The average molecular weight is 572 g/mol. The normalized spacial score (nSPS) is 23.1. The van der Waals surface area contributed by atoms with E-state index in [1.807, 2.05) is 33.9 Å². The lowest BCUT2D eigenvalue weighted by Gasteiger charge is -2.40. The van der Waals surface area contributed by atoms with Crippen LogP contribution in [0, 0.1) is 5.92 Å². The monoisotopic (exact) mass is 571 g/mol. The maximum absolute atomic E-state index is 13.4. The summed E-state index contributed by atoms with van der Waals surface area (Å²) >= 11 is 0. The zero-order chi connectivity index (χ0) is 29.9. The molecule has 13 nitrogen and oxygen atoms in total. The molecular weight excluding hydrogens is 526 g/mol. The molecule has 0 saturated carbocycles. The van der Waals surface area contributed by atoms with Gasteiger partial charge in [-0.05, 0) is 51.2 Å². The second-order valence-corrected chi connectivity index (χ2v) is 16.9. The quantitative estimate of drug-likeness (QED) is 0.230. The van der Waals surface area contributed by atoms with E-state index in [1.165, 1.54) is 16.7 Å². The fourth-order valence-corrected chi connectivity index (χ4v) is 6.22. The fraction of sp³-hybridized carbons (Fsp3) is 0.800. The zero-order valence-electron chi connectivity index (χ0n) is 24.0. The van der Waals surface area contributed by atoms with Crippen LogP contribution in [0.2, 0.25) is 18.1 Å². The van der Waals surface area contributed by atoms with Crippen molar-refractivity contribution < 1.29 is 38.6 Å². The van der Waals surface area contributed by atoms with Crippen LogP contribution in [0.5, 0.6) is 0 Å². The van der Waals surface area contributed by atoms with Crippen molar-refractivity contribution in [2.24, 2.45) is 11.7 Å². The SMILES string of the molecule is C[C@@H](O)[C@H](NC(=O)[C@H]1CCCN1C(=O)[C@H]1CCN(C(=O)[C@@H](NC(=O)O)[C@@H](C)O[Si](C)(C)C(C)(C)C)C1)C(N)=O. The number of carboxylic acid groups (broad SMARTS) is 1. The third kappa shape index (κ3) is 7.91. The van der Waals surface area contributed by atoms with Gasteiger partial charge in [0.15, 0.2) is 8.32 Å². The number of hydrogen-bond acceptors (Lipinski definition) is 7. The molecule has 2 rings (SSSR count). The van der Waals surface area contributed by atoms with E-state index in [4.69, 9.17) is 10.2 Å². The summed E-state index contributed by atoms with van der Waals surface area (Å²) in [4.78, 5) is 65.7. The molecule has 0 aromatic carbocycles. The molecule has 0 unspecified atom stereocenters. The number of aliphatic hydroxyl groups excluding tert-OH is 1. The Kier molecular flexibility index (Phi) is 10.5.